The summed E-state index contributed by atoms with van der Waals surface area (Å²) < 4.78 is 16.8. The maximum Gasteiger partial charge on any atom is 0.407 e. The number of aromatic nitrogens is 4. The summed E-state index contributed by atoms with van der Waals surface area (Å²) in [5.41, 5.74) is 7.98. The fourth-order valence-corrected chi connectivity index (χ4v) is 14.3. The molecule has 0 unspecified atom stereocenters. The molecule has 21 heteroatoms. The van der Waals surface area contributed by atoms with Crippen LogP contribution in [0, 0.1) is 0 Å². The first-order valence-electron chi connectivity index (χ1n) is 37.0. The monoisotopic (exact) mass is 1460 g/mol. The zero-order chi connectivity index (χ0) is 73.0. The molecule has 4 fully saturated rings. The molecule has 548 valence electrons. The first-order chi connectivity index (χ1) is 49.6. The molecule has 0 spiro atoms. The van der Waals surface area contributed by atoms with Gasteiger partial charge < -0.3 is 59.1 Å². The van der Waals surface area contributed by atoms with Gasteiger partial charge in [0.2, 0.25) is 23.6 Å². The Labute approximate surface area is 616 Å². The van der Waals surface area contributed by atoms with Crippen LogP contribution >= 0.6 is 15.9 Å². The van der Waals surface area contributed by atoms with Crippen LogP contribution < -0.4 is 30.7 Å². The number of carbonyl (C=O) groups is 6. The number of anilines is 3. The topological polar surface area (TPSA) is 209 Å². The summed E-state index contributed by atoms with van der Waals surface area (Å²) in [5.74, 6) is 2.77. The van der Waals surface area contributed by atoms with Gasteiger partial charge in [0, 0.05) is 124 Å². The van der Waals surface area contributed by atoms with Crippen LogP contribution in [0.15, 0.2) is 162 Å². The lowest BCUT2D eigenvalue weighted by Crippen LogP contribution is -2.50. The van der Waals surface area contributed by atoms with E-state index in [9.17, 15) is 28.8 Å². The highest BCUT2D eigenvalue weighted by Gasteiger charge is 2.34. The molecule has 2 aromatic heterocycles. The predicted octanol–water partition coefficient (Wildman–Crippen LogP) is 14.4. The van der Waals surface area contributed by atoms with Gasteiger partial charge in [-0.25, -0.2) is 19.6 Å². The van der Waals surface area contributed by atoms with E-state index in [2.05, 4.69) is 96.2 Å². The number of unbranched alkanes of at least 4 members (excludes halogenated alkanes) is 2. The summed E-state index contributed by atoms with van der Waals surface area (Å²) in [5, 5.41) is 9.01. The van der Waals surface area contributed by atoms with Gasteiger partial charge in [0.1, 0.15) is 22.9 Å². The number of benzene rings is 6. The zero-order valence-electron chi connectivity index (χ0n) is 61.5. The van der Waals surface area contributed by atoms with Crippen molar-refractivity contribution in [3.63, 3.8) is 0 Å². The number of imidazole rings is 2. The fourth-order valence-electron chi connectivity index (χ4n) is 14.0. The molecular formula is C82H105BrN12O8. The van der Waals surface area contributed by atoms with Crippen LogP contribution in [0.25, 0.3) is 22.1 Å². The molecule has 12 rings (SSSR count). The van der Waals surface area contributed by atoms with Crippen molar-refractivity contribution in [1.29, 1.82) is 0 Å². The van der Waals surface area contributed by atoms with E-state index in [0.717, 1.165) is 151 Å². The van der Waals surface area contributed by atoms with Crippen LogP contribution in [0.2, 0.25) is 0 Å². The van der Waals surface area contributed by atoms with E-state index < -0.39 is 29.4 Å². The molecule has 4 atom stereocenters. The molecule has 8 aromatic rings. The molecule has 0 aliphatic carbocycles. The van der Waals surface area contributed by atoms with Crippen molar-refractivity contribution in [1.82, 2.24) is 44.9 Å². The van der Waals surface area contributed by atoms with Gasteiger partial charge in [-0.3, -0.25) is 19.2 Å². The van der Waals surface area contributed by atoms with Crippen LogP contribution in [-0.2, 0) is 54.6 Å². The van der Waals surface area contributed by atoms with E-state index >= 15 is 0 Å². The second-order valence-corrected chi connectivity index (χ2v) is 30.4. The van der Waals surface area contributed by atoms with Crippen LogP contribution in [-0.4, -0.2) is 153 Å². The van der Waals surface area contributed by atoms with Crippen LogP contribution in [0.4, 0.5) is 26.7 Å². The Morgan fingerprint density at radius 1 is 0.534 bits per heavy atom. The van der Waals surface area contributed by atoms with Crippen molar-refractivity contribution in [2.45, 2.75) is 181 Å². The molecule has 103 heavy (non-hydrogen) atoms. The summed E-state index contributed by atoms with van der Waals surface area (Å²) in [6.07, 6.45) is 8.57. The smallest absolute Gasteiger partial charge is 0.407 e. The summed E-state index contributed by atoms with van der Waals surface area (Å²) in [6.45, 7) is 23.7. The van der Waals surface area contributed by atoms with Gasteiger partial charge in [0.25, 0.3) is 0 Å². The van der Waals surface area contributed by atoms with Gasteiger partial charge in [-0.1, -0.05) is 128 Å². The van der Waals surface area contributed by atoms with E-state index in [4.69, 9.17) is 19.4 Å². The molecule has 20 nitrogen and oxygen atoms in total. The first kappa shape index (κ1) is 76.6. The number of carbonyl (C=O) groups excluding carboxylic acids is 6. The minimum atomic E-state index is -0.661. The molecule has 4 aliphatic heterocycles. The number of halogens is 1. The highest BCUT2D eigenvalue weighted by molar-refractivity contribution is 9.10. The molecule has 3 N–H and O–H groups in total. The number of fused-ring (bicyclic) bond motifs is 2. The molecule has 4 saturated heterocycles. The third-order valence-corrected chi connectivity index (χ3v) is 19.6. The number of rotatable bonds is 21. The lowest BCUT2D eigenvalue weighted by atomic mass is 9.95. The number of nitrogens with zero attached hydrogens (tertiary/aromatic N) is 9. The maximum atomic E-state index is 14.0. The van der Waals surface area contributed by atoms with Gasteiger partial charge >= 0.3 is 12.2 Å². The number of alkyl carbamates (subject to hydrolysis) is 2. The lowest BCUT2D eigenvalue weighted by molar-refractivity contribution is -0.133. The SMILES string of the molecule is CCCCn1c([C@@H]2CCCN(C(=O)C[C@@H](Cc3ccc(Br)cc3)NC(=O)OC(C)(C)C)C2)nc2ccccc21.CCCCn1c([C@@H]2CCCN(C(=O)C[C@@H](Cc3ccc(N4CCN(c5ccccc5)C(=O)C4)cc3)NC(=O)OC(C)(C)C)C2)nc2ccccc21.O=C1CNCCN1c1ccccc1. The Hall–Kier alpha value is -9.08. The summed E-state index contributed by atoms with van der Waals surface area (Å²) >= 11 is 3.47. The van der Waals surface area contributed by atoms with Gasteiger partial charge in [-0.2, -0.15) is 0 Å². The Bertz CT molecular complexity index is 4100. The number of aryl methyl sites for hydroxylation is 2. The molecule has 4 aliphatic rings. The fraction of sp³-hybridized carbons (Fsp3) is 0.463. The number of para-hydroxylation sites is 6. The zero-order valence-corrected chi connectivity index (χ0v) is 63.0. The predicted molar refractivity (Wildman–Crippen MR) is 413 cm³/mol. The van der Waals surface area contributed by atoms with Gasteiger partial charge in [0.05, 0.1) is 35.2 Å². The molecule has 6 aromatic carbocycles. The van der Waals surface area contributed by atoms with Gasteiger partial charge in [0.15, 0.2) is 0 Å². The van der Waals surface area contributed by atoms with Crippen molar-refractivity contribution in [2.24, 2.45) is 0 Å². The highest BCUT2D eigenvalue weighted by atomic mass is 79.9. The van der Waals surface area contributed by atoms with Crippen LogP contribution in [0.3, 0.4) is 0 Å². The molecule has 0 saturated carbocycles. The Morgan fingerprint density at radius 3 is 1.41 bits per heavy atom. The van der Waals surface area contributed by atoms with Crippen LogP contribution in [0.5, 0.6) is 0 Å². The Morgan fingerprint density at radius 2 is 0.971 bits per heavy atom. The average molecular weight is 1470 g/mol. The minimum absolute atomic E-state index is 0.0170. The molecule has 6 heterocycles. The first-order valence-corrected chi connectivity index (χ1v) is 37.8. The number of amides is 6. The summed E-state index contributed by atoms with van der Waals surface area (Å²) in [7, 11) is 0. The van der Waals surface area contributed by atoms with Crippen molar-refractivity contribution in [2.75, 3.05) is 80.1 Å². The third-order valence-electron chi connectivity index (χ3n) is 19.0. The second-order valence-electron chi connectivity index (χ2n) is 29.4. The summed E-state index contributed by atoms with van der Waals surface area (Å²) in [4.78, 5) is 97.4. The molecule has 0 radical (unpaired) electrons. The number of hydrogen-bond acceptors (Lipinski definition) is 12. The van der Waals surface area contributed by atoms with Crippen molar-refractivity contribution in [3.05, 3.63) is 185 Å². The van der Waals surface area contributed by atoms with Crippen LogP contribution in [0.1, 0.15) is 154 Å². The molecule has 0 bridgehead atoms. The number of hydrogen-bond donors (Lipinski definition) is 3. The second kappa shape index (κ2) is 36.4. The van der Waals surface area contributed by atoms with E-state index in [1.807, 2.05) is 182 Å². The number of ether oxygens (including phenoxy) is 2. The van der Waals surface area contributed by atoms with E-state index in [0.29, 0.717) is 52.1 Å². The lowest BCUT2D eigenvalue weighted by Gasteiger charge is -2.35. The van der Waals surface area contributed by atoms with Gasteiger partial charge in [-0.05, 0) is 177 Å². The number of piperidine rings is 2. The Balaban J connectivity index is 0.000000192. The number of piperazine rings is 2. The number of nitrogens with one attached hydrogen (secondary N) is 3. The quantitative estimate of drug-likeness (QED) is 0.0614. The minimum Gasteiger partial charge on any atom is -0.444 e. The average Bonchev–Trinajstić information content (AvgIpc) is 1.66. The normalized spacial score (nSPS) is 17.2. The van der Waals surface area contributed by atoms with Crippen molar-refractivity contribution >= 4 is 90.9 Å². The van der Waals surface area contributed by atoms with Crippen molar-refractivity contribution in [3.8, 4) is 0 Å². The van der Waals surface area contributed by atoms with E-state index in [1.165, 1.54) is 5.52 Å². The van der Waals surface area contributed by atoms with Crippen molar-refractivity contribution < 1.29 is 38.2 Å². The standard InChI is InChI=1S/C41H52N6O4.C31H41BrN4O3.C10H12N2O/c1-5-6-23-47-36-17-11-10-16-35(36)43-39(47)31-13-12-22-45(28-31)37(48)27-32(42-40(50)51-41(2,3)4)26-30-18-20-33(21-19-30)44-24-25-46(38(49)29-44)34-14-8-7-9-15-34;1-5-6-18-36-27-12-8-7-11-26(27)34-29(36)23-10-9-17-35(21-23)28(37)20-25(33-30(38)39-31(2,3)4)19-22-13-15-24(32)16-14-22;13-10-8-11-6-7-12(10)9-4-2-1-3-5-9/h7-11,14-21,31-32H,5-6,12-13,22-29H2,1-4H3,(H,42,50);7-8,11-16,23,25H,5-6,9-10,17-21H2,1-4H3,(H,33,38);1-5,11H,6-8H2/t31-,32-;23-,25-;/m11./s1. The van der Waals surface area contributed by atoms with E-state index in [1.54, 1.807) is 0 Å². The maximum absolute atomic E-state index is 14.0. The summed E-state index contributed by atoms with van der Waals surface area (Å²) in [6, 6.07) is 51.4. The number of likely N-dealkylation sites (tertiary alicyclic amines) is 2. The molecule has 6 amide bonds. The third kappa shape index (κ3) is 22.0. The Kier molecular flexibility index (Phi) is 27.0. The van der Waals surface area contributed by atoms with Gasteiger partial charge in [-0.15, -0.1) is 0 Å². The largest absolute Gasteiger partial charge is 0.444 e. The molecular weight excluding hydrogens is 1360 g/mol. The van der Waals surface area contributed by atoms with E-state index in [-0.39, 0.29) is 54.3 Å². The highest BCUT2D eigenvalue weighted by Crippen LogP contribution is 2.33.